The number of aliphatic imine (C=N–C) groups is 1. The van der Waals surface area contributed by atoms with Crippen molar-refractivity contribution in [2.24, 2.45) is 10.9 Å². The predicted octanol–water partition coefficient (Wildman–Crippen LogP) is 3.29. The van der Waals surface area contributed by atoms with Gasteiger partial charge in [-0.3, -0.25) is 0 Å². The zero-order chi connectivity index (χ0) is 18.8. The number of hydrogen-bond donors (Lipinski definition) is 2. The van der Waals surface area contributed by atoms with Crippen LogP contribution >= 0.6 is 35.6 Å². The van der Waals surface area contributed by atoms with Gasteiger partial charge in [-0.15, -0.1) is 24.0 Å². The van der Waals surface area contributed by atoms with Crippen LogP contribution in [-0.2, 0) is 6.54 Å². The molecule has 0 aromatic heterocycles. The molecule has 1 atom stereocenters. The van der Waals surface area contributed by atoms with E-state index in [1.807, 2.05) is 24.3 Å². The number of rotatable bonds is 8. The summed E-state index contributed by atoms with van der Waals surface area (Å²) in [7, 11) is 0. The Morgan fingerprint density at radius 3 is 2.30 bits per heavy atom. The molecule has 0 spiro atoms. The van der Waals surface area contributed by atoms with Crippen molar-refractivity contribution in [3.63, 3.8) is 0 Å². The summed E-state index contributed by atoms with van der Waals surface area (Å²) >= 11 is 5.94. The van der Waals surface area contributed by atoms with E-state index in [1.165, 1.54) is 32.7 Å². The Morgan fingerprint density at radius 1 is 1.07 bits per heavy atom. The first-order chi connectivity index (χ1) is 12.6. The lowest BCUT2D eigenvalue weighted by Gasteiger charge is -2.35. The molecule has 0 aliphatic carbocycles. The van der Waals surface area contributed by atoms with Gasteiger partial charge in [0.05, 0.1) is 6.54 Å². The number of nitrogens with one attached hydrogen (secondary N) is 2. The molecule has 0 amide bonds. The van der Waals surface area contributed by atoms with Crippen LogP contribution in [0.15, 0.2) is 29.3 Å². The highest BCUT2D eigenvalue weighted by molar-refractivity contribution is 14.0. The van der Waals surface area contributed by atoms with Gasteiger partial charge in [0.1, 0.15) is 0 Å². The van der Waals surface area contributed by atoms with Gasteiger partial charge in [0.15, 0.2) is 5.96 Å². The summed E-state index contributed by atoms with van der Waals surface area (Å²) in [5.74, 6) is 1.47. The lowest BCUT2D eigenvalue weighted by molar-refractivity contribution is 0.124. The second kappa shape index (κ2) is 13.6. The standard InChI is InChI=1S/C20H34ClN5.HI/c1-4-22-20(24-15-18-6-8-19(21)9-7-18)23-14-17(3)16-26-12-10-25(5-2)11-13-26;/h6-9,17H,4-5,10-16H2,1-3H3,(H2,22,23,24);1H. The van der Waals surface area contributed by atoms with Gasteiger partial charge in [-0.05, 0) is 37.1 Å². The van der Waals surface area contributed by atoms with Crippen LogP contribution in [-0.4, -0.2) is 68.1 Å². The molecule has 5 nitrogen and oxygen atoms in total. The van der Waals surface area contributed by atoms with Crippen molar-refractivity contribution >= 4 is 41.5 Å². The Kier molecular flexibility index (Phi) is 12.3. The Bertz CT molecular complexity index is 544. The van der Waals surface area contributed by atoms with Crippen LogP contribution in [0, 0.1) is 5.92 Å². The summed E-state index contributed by atoms with van der Waals surface area (Å²) in [6.07, 6.45) is 0. The summed E-state index contributed by atoms with van der Waals surface area (Å²) in [5, 5.41) is 7.58. The number of hydrogen-bond acceptors (Lipinski definition) is 3. The van der Waals surface area contributed by atoms with Gasteiger partial charge >= 0.3 is 0 Å². The van der Waals surface area contributed by atoms with Crippen molar-refractivity contribution in [3.8, 4) is 0 Å². The van der Waals surface area contributed by atoms with Gasteiger partial charge in [-0.2, -0.15) is 0 Å². The molecule has 2 N–H and O–H groups in total. The topological polar surface area (TPSA) is 42.9 Å². The maximum Gasteiger partial charge on any atom is 0.191 e. The fourth-order valence-corrected chi connectivity index (χ4v) is 3.29. The highest BCUT2D eigenvalue weighted by Crippen LogP contribution is 2.10. The zero-order valence-electron chi connectivity index (χ0n) is 16.9. The van der Waals surface area contributed by atoms with E-state index in [4.69, 9.17) is 11.6 Å². The number of benzene rings is 1. The zero-order valence-corrected chi connectivity index (χ0v) is 20.0. The van der Waals surface area contributed by atoms with Gasteiger partial charge in [-0.25, -0.2) is 4.99 Å². The molecule has 1 saturated heterocycles. The summed E-state index contributed by atoms with van der Waals surface area (Å²) in [4.78, 5) is 9.78. The predicted molar refractivity (Wildman–Crippen MR) is 127 cm³/mol. The van der Waals surface area contributed by atoms with Crippen LogP contribution in [0.4, 0.5) is 0 Å². The molecule has 154 valence electrons. The second-order valence-corrected chi connectivity index (χ2v) is 7.48. The van der Waals surface area contributed by atoms with Crippen molar-refractivity contribution in [3.05, 3.63) is 34.9 Å². The molecule has 7 heteroatoms. The van der Waals surface area contributed by atoms with E-state index in [0.717, 1.165) is 36.2 Å². The monoisotopic (exact) mass is 507 g/mol. The van der Waals surface area contributed by atoms with Gasteiger partial charge < -0.3 is 20.4 Å². The summed E-state index contributed by atoms with van der Waals surface area (Å²) in [6.45, 7) is 16.2. The number of guanidine groups is 1. The number of likely N-dealkylation sites (N-methyl/N-ethyl adjacent to an activating group) is 1. The summed E-state index contributed by atoms with van der Waals surface area (Å²) in [6, 6.07) is 7.86. The van der Waals surface area contributed by atoms with E-state index in [9.17, 15) is 0 Å². The van der Waals surface area contributed by atoms with Crippen molar-refractivity contribution in [1.82, 2.24) is 20.4 Å². The first-order valence-corrected chi connectivity index (χ1v) is 10.2. The maximum atomic E-state index is 5.94. The average molecular weight is 508 g/mol. The molecule has 1 heterocycles. The molecule has 2 rings (SSSR count). The normalized spacial score (nSPS) is 17.3. The van der Waals surface area contributed by atoms with Crippen LogP contribution in [0.3, 0.4) is 0 Å². The minimum Gasteiger partial charge on any atom is -0.357 e. The molecule has 0 radical (unpaired) electrons. The third kappa shape index (κ3) is 9.45. The van der Waals surface area contributed by atoms with Crippen LogP contribution in [0.1, 0.15) is 26.3 Å². The van der Waals surface area contributed by atoms with Gasteiger partial charge in [0.25, 0.3) is 0 Å². The van der Waals surface area contributed by atoms with E-state index >= 15 is 0 Å². The third-order valence-corrected chi connectivity index (χ3v) is 5.03. The van der Waals surface area contributed by atoms with E-state index in [1.54, 1.807) is 0 Å². The highest BCUT2D eigenvalue weighted by Gasteiger charge is 2.17. The number of nitrogens with zero attached hydrogens (tertiary/aromatic N) is 3. The second-order valence-electron chi connectivity index (χ2n) is 7.04. The average Bonchev–Trinajstić information content (AvgIpc) is 2.66. The molecule has 0 saturated carbocycles. The smallest absolute Gasteiger partial charge is 0.191 e. The van der Waals surface area contributed by atoms with Crippen LogP contribution in [0.5, 0.6) is 0 Å². The minimum atomic E-state index is 0. The number of halogens is 2. The Hall–Kier alpha value is -0.570. The van der Waals surface area contributed by atoms with Gasteiger partial charge in [-0.1, -0.05) is 37.6 Å². The van der Waals surface area contributed by atoms with Gasteiger partial charge in [0.2, 0.25) is 0 Å². The molecular weight excluding hydrogens is 473 g/mol. The minimum absolute atomic E-state index is 0. The molecule has 1 aromatic carbocycles. The molecule has 1 unspecified atom stereocenters. The van der Waals surface area contributed by atoms with Crippen LogP contribution in [0.2, 0.25) is 5.02 Å². The molecular formula is C20H35ClIN5. The molecule has 1 aliphatic rings. The molecule has 0 bridgehead atoms. The first kappa shape index (κ1) is 24.5. The lowest BCUT2D eigenvalue weighted by Crippen LogP contribution is -2.48. The fourth-order valence-electron chi connectivity index (χ4n) is 3.17. The number of piperazine rings is 1. The SMILES string of the molecule is CCNC(=NCc1ccc(Cl)cc1)NCC(C)CN1CCN(CC)CC1.I. The highest BCUT2D eigenvalue weighted by atomic mass is 127. The molecule has 27 heavy (non-hydrogen) atoms. The van der Waals surface area contributed by atoms with Crippen molar-refractivity contribution < 1.29 is 0 Å². The molecule has 1 aromatic rings. The quantitative estimate of drug-likeness (QED) is 0.322. The van der Waals surface area contributed by atoms with E-state index in [0.29, 0.717) is 12.5 Å². The van der Waals surface area contributed by atoms with Crippen LogP contribution < -0.4 is 10.6 Å². The van der Waals surface area contributed by atoms with E-state index < -0.39 is 0 Å². The van der Waals surface area contributed by atoms with E-state index in [-0.39, 0.29) is 24.0 Å². The maximum absolute atomic E-state index is 5.94. The summed E-state index contributed by atoms with van der Waals surface area (Å²) < 4.78 is 0. The van der Waals surface area contributed by atoms with Crippen molar-refractivity contribution in [2.75, 3.05) is 52.4 Å². The van der Waals surface area contributed by atoms with Crippen molar-refractivity contribution in [2.45, 2.75) is 27.3 Å². The largest absolute Gasteiger partial charge is 0.357 e. The Balaban J connectivity index is 0.00000364. The molecule has 1 aliphatic heterocycles. The van der Waals surface area contributed by atoms with Crippen molar-refractivity contribution in [1.29, 1.82) is 0 Å². The summed E-state index contributed by atoms with van der Waals surface area (Å²) in [5.41, 5.74) is 1.16. The van der Waals surface area contributed by atoms with E-state index in [2.05, 4.69) is 46.2 Å². The van der Waals surface area contributed by atoms with Gasteiger partial charge in [0, 0.05) is 50.8 Å². The Morgan fingerprint density at radius 2 is 1.70 bits per heavy atom. The van der Waals surface area contributed by atoms with Crippen LogP contribution in [0.25, 0.3) is 0 Å². The Labute approximate surface area is 186 Å². The first-order valence-electron chi connectivity index (χ1n) is 9.82. The lowest BCUT2D eigenvalue weighted by atomic mass is 10.1. The fraction of sp³-hybridized carbons (Fsp3) is 0.650. The molecule has 1 fully saturated rings. The third-order valence-electron chi connectivity index (χ3n) is 4.78.